The van der Waals surface area contributed by atoms with Crippen molar-refractivity contribution in [3.05, 3.63) is 27.8 Å². The number of nitrogens with one attached hydrogen (secondary N) is 1. The summed E-state index contributed by atoms with van der Waals surface area (Å²) < 4.78 is 10.4. The van der Waals surface area contributed by atoms with Crippen LogP contribution in [0.2, 0.25) is 0 Å². The van der Waals surface area contributed by atoms with Crippen LogP contribution in [-0.4, -0.2) is 48.4 Å². The quantitative estimate of drug-likeness (QED) is 0.488. The first-order valence-electron chi connectivity index (χ1n) is 8.76. The van der Waals surface area contributed by atoms with Crippen LogP contribution in [0.1, 0.15) is 37.7 Å². The Balaban J connectivity index is 1.59. The van der Waals surface area contributed by atoms with Gasteiger partial charge in [0.05, 0.1) is 29.3 Å². The van der Waals surface area contributed by atoms with E-state index in [4.69, 9.17) is 9.47 Å². The number of hydrogen-bond acceptors (Lipinski definition) is 7. The SMILES string of the molecule is O=C(CN1CCCCCCC1)N/N=C/c1cc2c(cc1[N+](=O)[O-])OCO2. The van der Waals surface area contributed by atoms with Crippen LogP contribution >= 0.6 is 0 Å². The van der Waals surface area contributed by atoms with Crippen molar-refractivity contribution < 1.29 is 19.2 Å². The van der Waals surface area contributed by atoms with Crippen LogP contribution in [0.5, 0.6) is 11.5 Å². The lowest BCUT2D eigenvalue weighted by Gasteiger charge is -2.23. The minimum absolute atomic E-state index is 0.0274. The Bertz CT molecular complexity index is 699. The van der Waals surface area contributed by atoms with Gasteiger partial charge in [-0.25, -0.2) is 5.43 Å². The highest BCUT2D eigenvalue weighted by atomic mass is 16.7. The van der Waals surface area contributed by atoms with Gasteiger partial charge in [0.1, 0.15) is 0 Å². The molecule has 3 rings (SSSR count). The van der Waals surface area contributed by atoms with Crippen LogP contribution < -0.4 is 14.9 Å². The van der Waals surface area contributed by atoms with Crippen molar-refractivity contribution in [2.75, 3.05) is 26.4 Å². The molecule has 2 aliphatic heterocycles. The molecular weight excluding hydrogens is 340 g/mol. The van der Waals surface area contributed by atoms with Gasteiger partial charge in [0, 0.05) is 0 Å². The molecule has 26 heavy (non-hydrogen) atoms. The van der Waals surface area contributed by atoms with E-state index < -0.39 is 4.92 Å². The number of amides is 1. The number of likely N-dealkylation sites (tertiary alicyclic amines) is 1. The van der Waals surface area contributed by atoms with Gasteiger partial charge in [-0.05, 0) is 32.0 Å². The van der Waals surface area contributed by atoms with E-state index in [9.17, 15) is 14.9 Å². The lowest BCUT2D eigenvalue weighted by Crippen LogP contribution is -2.37. The normalized spacial score (nSPS) is 17.7. The van der Waals surface area contributed by atoms with Crippen LogP contribution in [0.3, 0.4) is 0 Å². The second-order valence-corrected chi connectivity index (χ2v) is 6.36. The number of nitro benzene ring substituents is 1. The predicted octanol–water partition coefficient (Wildman–Crippen LogP) is 2.04. The third-order valence-electron chi connectivity index (χ3n) is 4.43. The summed E-state index contributed by atoms with van der Waals surface area (Å²) in [5, 5.41) is 15.1. The molecule has 0 atom stereocenters. The van der Waals surface area contributed by atoms with Crippen molar-refractivity contribution in [2.24, 2.45) is 5.10 Å². The largest absolute Gasteiger partial charge is 0.454 e. The Labute approximate surface area is 151 Å². The highest BCUT2D eigenvalue weighted by molar-refractivity contribution is 5.88. The summed E-state index contributed by atoms with van der Waals surface area (Å²) in [6, 6.07) is 2.78. The summed E-state index contributed by atoms with van der Waals surface area (Å²) in [5.74, 6) is 0.518. The highest BCUT2D eigenvalue weighted by Crippen LogP contribution is 2.37. The van der Waals surface area contributed by atoms with E-state index in [1.807, 2.05) is 0 Å². The summed E-state index contributed by atoms with van der Waals surface area (Å²) in [5.41, 5.74) is 2.53. The standard InChI is InChI=1S/C17H22N4O5/c22-17(11-20-6-4-2-1-3-5-7-20)19-18-10-13-8-15-16(26-12-25-15)9-14(13)21(23)24/h8-10H,1-7,11-12H2,(H,19,22)/b18-10+. The van der Waals surface area contributed by atoms with Crippen LogP contribution in [-0.2, 0) is 4.79 Å². The van der Waals surface area contributed by atoms with Crippen molar-refractivity contribution in [3.8, 4) is 11.5 Å². The molecule has 1 aromatic rings. The molecule has 0 aliphatic carbocycles. The third-order valence-corrected chi connectivity index (χ3v) is 4.43. The Morgan fingerprint density at radius 3 is 2.54 bits per heavy atom. The van der Waals surface area contributed by atoms with Crippen LogP contribution in [0.15, 0.2) is 17.2 Å². The smallest absolute Gasteiger partial charge is 0.282 e. The molecule has 0 aromatic heterocycles. The molecule has 0 radical (unpaired) electrons. The van der Waals surface area contributed by atoms with E-state index in [0.29, 0.717) is 11.5 Å². The number of carbonyl (C=O) groups excluding carboxylic acids is 1. The summed E-state index contributed by atoms with van der Waals surface area (Å²) in [6.45, 7) is 2.12. The molecule has 1 fully saturated rings. The maximum absolute atomic E-state index is 12.1. The molecule has 2 aliphatic rings. The average Bonchev–Trinajstić information content (AvgIpc) is 3.03. The van der Waals surface area contributed by atoms with E-state index in [2.05, 4.69) is 15.4 Å². The van der Waals surface area contributed by atoms with E-state index in [1.165, 1.54) is 37.6 Å². The molecule has 9 heteroatoms. The van der Waals surface area contributed by atoms with Crippen molar-refractivity contribution in [1.82, 2.24) is 10.3 Å². The van der Waals surface area contributed by atoms with Gasteiger partial charge < -0.3 is 9.47 Å². The van der Waals surface area contributed by atoms with Crippen molar-refractivity contribution in [1.29, 1.82) is 0 Å². The van der Waals surface area contributed by atoms with Gasteiger partial charge in [-0.3, -0.25) is 19.8 Å². The fraction of sp³-hybridized carbons (Fsp3) is 0.529. The zero-order valence-electron chi connectivity index (χ0n) is 14.5. The number of nitrogens with zero attached hydrogens (tertiary/aromatic N) is 3. The Hall–Kier alpha value is -2.68. The fourth-order valence-electron chi connectivity index (χ4n) is 3.09. The number of ether oxygens (including phenoxy) is 2. The number of nitro groups is 1. The molecule has 0 saturated carbocycles. The van der Waals surface area contributed by atoms with E-state index >= 15 is 0 Å². The zero-order valence-corrected chi connectivity index (χ0v) is 14.5. The molecule has 2 heterocycles. The van der Waals surface area contributed by atoms with Crippen molar-refractivity contribution in [2.45, 2.75) is 32.1 Å². The molecule has 0 unspecified atom stereocenters. The lowest BCUT2D eigenvalue weighted by molar-refractivity contribution is -0.385. The van der Waals surface area contributed by atoms with Crippen LogP contribution in [0, 0.1) is 10.1 Å². The summed E-state index contributed by atoms with van der Waals surface area (Å²) in [7, 11) is 0. The third kappa shape index (κ3) is 4.69. The molecule has 1 aromatic carbocycles. The molecule has 1 N–H and O–H groups in total. The van der Waals surface area contributed by atoms with Gasteiger partial charge in [0.25, 0.3) is 11.6 Å². The minimum Gasteiger partial charge on any atom is -0.454 e. The zero-order chi connectivity index (χ0) is 18.4. The number of hydrazone groups is 1. The molecule has 0 bridgehead atoms. The first-order valence-corrected chi connectivity index (χ1v) is 8.76. The van der Waals surface area contributed by atoms with Crippen molar-refractivity contribution >= 4 is 17.8 Å². The molecule has 9 nitrogen and oxygen atoms in total. The lowest BCUT2D eigenvalue weighted by atomic mass is 10.1. The monoisotopic (exact) mass is 362 g/mol. The second-order valence-electron chi connectivity index (χ2n) is 6.36. The topological polar surface area (TPSA) is 106 Å². The predicted molar refractivity (Wildman–Crippen MR) is 94.5 cm³/mol. The molecule has 1 saturated heterocycles. The number of carbonyl (C=O) groups is 1. The van der Waals surface area contributed by atoms with Crippen LogP contribution in [0.25, 0.3) is 0 Å². The van der Waals surface area contributed by atoms with E-state index in [-0.39, 0.29) is 30.5 Å². The number of fused-ring (bicyclic) bond motifs is 1. The van der Waals surface area contributed by atoms with Gasteiger partial charge in [-0.1, -0.05) is 19.3 Å². The van der Waals surface area contributed by atoms with Gasteiger partial charge in [0.2, 0.25) is 6.79 Å². The highest BCUT2D eigenvalue weighted by Gasteiger charge is 2.22. The average molecular weight is 362 g/mol. The van der Waals surface area contributed by atoms with Gasteiger partial charge in [-0.15, -0.1) is 0 Å². The molecule has 140 valence electrons. The Morgan fingerprint density at radius 1 is 1.19 bits per heavy atom. The summed E-state index contributed by atoms with van der Waals surface area (Å²) in [6.07, 6.45) is 7.11. The first-order chi connectivity index (χ1) is 12.6. The first kappa shape index (κ1) is 18.1. The maximum Gasteiger partial charge on any atom is 0.282 e. The number of benzene rings is 1. The van der Waals surface area contributed by atoms with Gasteiger partial charge >= 0.3 is 0 Å². The Kier molecular flexibility index (Phi) is 6.00. The summed E-state index contributed by atoms with van der Waals surface area (Å²) in [4.78, 5) is 24.9. The number of hydrogen-bond donors (Lipinski definition) is 1. The summed E-state index contributed by atoms with van der Waals surface area (Å²) >= 11 is 0. The molecule has 1 amide bonds. The van der Waals surface area contributed by atoms with E-state index in [0.717, 1.165) is 25.9 Å². The molecular formula is C17H22N4O5. The fourth-order valence-corrected chi connectivity index (χ4v) is 3.09. The van der Waals surface area contributed by atoms with Crippen molar-refractivity contribution in [3.63, 3.8) is 0 Å². The maximum atomic E-state index is 12.1. The van der Waals surface area contributed by atoms with Crippen LogP contribution in [0.4, 0.5) is 5.69 Å². The van der Waals surface area contributed by atoms with Gasteiger partial charge in [-0.2, -0.15) is 5.10 Å². The Morgan fingerprint density at radius 2 is 1.85 bits per heavy atom. The van der Waals surface area contributed by atoms with Gasteiger partial charge in [0.15, 0.2) is 11.5 Å². The molecule has 0 spiro atoms. The minimum atomic E-state index is -0.522. The van der Waals surface area contributed by atoms with E-state index in [1.54, 1.807) is 0 Å². The second kappa shape index (κ2) is 8.61. The number of rotatable bonds is 5.